The minimum atomic E-state index is -0.464. The van der Waals surface area contributed by atoms with E-state index in [2.05, 4.69) is 6.07 Å². The van der Waals surface area contributed by atoms with Crippen LogP contribution in [0.4, 0.5) is 0 Å². The van der Waals surface area contributed by atoms with E-state index in [4.69, 9.17) is 23.2 Å². The van der Waals surface area contributed by atoms with Gasteiger partial charge in [0, 0.05) is 0 Å². The third-order valence-electron chi connectivity index (χ3n) is 1.40. The predicted molar refractivity (Wildman–Crippen MR) is 49.2 cm³/mol. The van der Waals surface area contributed by atoms with E-state index in [1.54, 1.807) is 0 Å². The van der Waals surface area contributed by atoms with Gasteiger partial charge in [-0.25, -0.2) is 0 Å². The number of aryl methyl sites for hydroxylation is 2. The van der Waals surface area contributed by atoms with Crippen molar-refractivity contribution >= 4 is 23.2 Å². The molecule has 0 fully saturated rings. The topological polar surface area (TPSA) is 0 Å². The maximum Gasteiger partial charge on any atom is 0.133 e. The zero-order chi connectivity index (χ0) is 8.43. The van der Waals surface area contributed by atoms with Crippen molar-refractivity contribution in [2.24, 2.45) is 0 Å². The van der Waals surface area contributed by atoms with Crippen LogP contribution in [0.15, 0.2) is 12.1 Å². The van der Waals surface area contributed by atoms with E-state index in [0.29, 0.717) is 0 Å². The fraction of sp³-hybridized carbons (Fsp3) is 0.333. The van der Waals surface area contributed by atoms with Crippen molar-refractivity contribution in [1.29, 1.82) is 0 Å². The van der Waals surface area contributed by atoms with Gasteiger partial charge in [0.25, 0.3) is 0 Å². The van der Waals surface area contributed by atoms with Crippen LogP contribution in [0.3, 0.4) is 0 Å². The van der Waals surface area contributed by atoms with Crippen LogP contribution in [0, 0.1) is 19.9 Å². The molecule has 0 unspecified atom stereocenters. The summed E-state index contributed by atoms with van der Waals surface area (Å²) in [5, 5.41) is 0. The summed E-state index contributed by atoms with van der Waals surface area (Å²) in [7, 11) is 0. The maximum absolute atomic E-state index is 5.68. The van der Waals surface area contributed by atoms with Crippen molar-refractivity contribution in [3.05, 3.63) is 34.9 Å². The summed E-state index contributed by atoms with van der Waals surface area (Å²) in [6.07, 6.45) is 0. The highest BCUT2D eigenvalue weighted by Crippen LogP contribution is 2.25. The Hall–Kier alpha value is -0.200. The summed E-state index contributed by atoms with van der Waals surface area (Å²) in [5.74, 6) is 0. The highest BCUT2D eigenvalue weighted by atomic mass is 35.5. The van der Waals surface area contributed by atoms with Crippen molar-refractivity contribution < 1.29 is 0 Å². The molecule has 0 aliphatic rings. The normalized spacial score (nSPS) is 10.6. The van der Waals surface area contributed by atoms with Crippen molar-refractivity contribution in [3.63, 3.8) is 0 Å². The van der Waals surface area contributed by atoms with Crippen molar-refractivity contribution in [1.82, 2.24) is 0 Å². The van der Waals surface area contributed by atoms with Crippen LogP contribution in [0.5, 0.6) is 0 Å². The zero-order valence-corrected chi connectivity index (χ0v) is 8.00. The maximum atomic E-state index is 5.68. The lowest BCUT2D eigenvalue weighted by Crippen LogP contribution is -1.86. The van der Waals surface area contributed by atoms with Crippen LogP contribution in [0.1, 0.15) is 21.5 Å². The van der Waals surface area contributed by atoms with E-state index < -0.39 is 4.84 Å². The molecule has 0 saturated carbocycles. The molecule has 0 N–H and O–H groups in total. The second-order valence-corrected chi connectivity index (χ2v) is 3.69. The van der Waals surface area contributed by atoms with Crippen molar-refractivity contribution in [3.8, 4) is 0 Å². The highest BCUT2D eigenvalue weighted by Gasteiger charge is 2.03. The Morgan fingerprint density at radius 3 is 2.36 bits per heavy atom. The van der Waals surface area contributed by atoms with E-state index in [9.17, 15) is 0 Å². The van der Waals surface area contributed by atoms with Gasteiger partial charge in [-0.15, -0.1) is 23.2 Å². The fourth-order valence-electron chi connectivity index (χ4n) is 1.05. The van der Waals surface area contributed by atoms with Crippen LogP contribution in [0.25, 0.3) is 0 Å². The Kier molecular flexibility index (Phi) is 2.80. The molecular weight excluding hydrogens is 179 g/mol. The first-order valence-corrected chi connectivity index (χ1v) is 4.25. The molecule has 0 bridgehead atoms. The molecular formula is C9H9Cl2. The molecule has 0 heterocycles. The van der Waals surface area contributed by atoms with Gasteiger partial charge >= 0.3 is 0 Å². The summed E-state index contributed by atoms with van der Waals surface area (Å²) in [6.45, 7) is 3.99. The molecule has 0 amide bonds. The van der Waals surface area contributed by atoms with Gasteiger partial charge in [0.05, 0.1) is 0 Å². The predicted octanol–water partition coefficient (Wildman–Crippen LogP) is 3.58. The Morgan fingerprint density at radius 2 is 1.91 bits per heavy atom. The fourth-order valence-corrected chi connectivity index (χ4v) is 1.28. The molecule has 1 radical (unpaired) electrons. The summed E-state index contributed by atoms with van der Waals surface area (Å²) in [6, 6.07) is 7.07. The minimum Gasteiger partial charge on any atom is -0.100 e. The third-order valence-corrected chi connectivity index (χ3v) is 1.87. The van der Waals surface area contributed by atoms with Gasteiger partial charge in [-0.05, 0) is 31.0 Å². The van der Waals surface area contributed by atoms with Gasteiger partial charge in [-0.1, -0.05) is 17.7 Å². The molecule has 1 aromatic carbocycles. The summed E-state index contributed by atoms with van der Waals surface area (Å²) >= 11 is 11.4. The molecule has 0 nitrogen and oxygen atoms in total. The SMILES string of the molecule is Cc1[c]c(C(Cl)Cl)cc(C)c1. The first kappa shape index (κ1) is 8.89. The van der Waals surface area contributed by atoms with Crippen LogP contribution < -0.4 is 0 Å². The summed E-state index contributed by atoms with van der Waals surface area (Å²) < 4.78 is 0. The van der Waals surface area contributed by atoms with Gasteiger partial charge in [0.2, 0.25) is 0 Å². The Morgan fingerprint density at radius 1 is 1.27 bits per heavy atom. The Bertz CT molecular complexity index is 233. The molecule has 0 saturated heterocycles. The average Bonchev–Trinajstić information content (AvgIpc) is 1.85. The quantitative estimate of drug-likeness (QED) is 0.591. The van der Waals surface area contributed by atoms with E-state index in [0.717, 1.165) is 11.1 Å². The molecule has 0 spiro atoms. The molecule has 0 aromatic heterocycles. The molecule has 59 valence electrons. The van der Waals surface area contributed by atoms with Crippen LogP contribution >= 0.6 is 23.2 Å². The van der Waals surface area contributed by atoms with Crippen LogP contribution in [0.2, 0.25) is 0 Å². The number of benzene rings is 1. The number of rotatable bonds is 1. The largest absolute Gasteiger partial charge is 0.133 e. The highest BCUT2D eigenvalue weighted by molar-refractivity contribution is 6.44. The first-order chi connectivity index (χ1) is 5.09. The molecule has 11 heavy (non-hydrogen) atoms. The van der Waals surface area contributed by atoms with Crippen LogP contribution in [-0.4, -0.2) is 0 Å². The van der Waals surface area contributed by atoms with Gasteiger partial charge in [0.1, 0.15) is 4.84 Å². The number of hydrogen-bond acceptors (Lipinski definition) is 0. The third kappa shape index (κ3) is 2.39. The molecule has 2 heteroatoms. The number of alkyl halides is 2. The average molecular weight is 188 g/mol. The number of hydrogen-bond donors (Lipinski definition) is 0. The standard InChI is InChI=1S/C9H9Cl2/c1-6-3-7(2)5-8(4-6)9(10)11/h3-4,9H,1-2H3. The Balaban J connectivity index is 3.08. The zero-order valence-electron chi connectivity index (χ0n) is 6.49. The first-order valence-electron chi connectivity index (χ1n) is 3.38. The molecule has 1 aromatic rings. The van der Waals surface area contributed by atoms with E-state index in [-0.39, 0.29) is 0 Å². The van der Waals surface area contributed by atoms with Crippen LogP contribution in [-0.2, 0) is 0 Å². The lowest BCUT2D eigenvalue weighted by molar-refractivity contribution is 1.26. The second kappa shape index (κ2) is 3.46. The van der Waals surface area contributed by atoms with Gasteiger partial charge in [0.15, 0.2) is 0 Å². The van der Waals surface area contributed by atoms with E-state index in [1.165, 1.54) is 5.56 Å². The molecule has 0 atom stereocenters. The van der Waals surface area contributed by atoms with E-state index >= 15 is 0 Å². The summed E-state index contributed by atoms with van der Waals surface area (Å²) in [4.78, 5) is -0.464. The van der Waals surface area contributed by atoms with Crippen molar-refractivity contribution in [2.75, 3.05) is 0 Å². The van der Waals surface area contributed by atoms with E-state index in [1.807, 2.05) is 26.0 Å². The van der Waals surface area contributed by atoms with Gasteiger partial charge in [-0.3, -0.25) is 0 Å². The van der Waals surface area contributed by atoms with Gasteiger partial charge < -0.3 is 0 Å². The monoisotopic (exact) mass is 187 g/mol. The second-order valence-electron chi connectivity index (χ2n) is 2.60. The lowest BCUT2D eigenvalue weighted by Gasteiger charge is -2.03. The number of halogens is 2. The molecule has 0 aliphatic heterocycles. The summed E-state index contributed by atoms with van der Waals surface area (Å²) in [5.41, 5.74) is 3.10. The van der Waals surface area contributed by atoms with Crippen molar-refractivity contribution in [2.45, 2.75) is 18.7 Å². The minimum absolute atomic E-state index is 0.464. The molecule has 0 aliphatic carbocycles. The molecule has 1 rings (SSSR count). The van der Waals surface area contributed by atoms with Gasteiger partial charge in [-0.2, -0.15) is 0 Å². The Labute approximate surface area is 77.1 Å². The smallest absolute Gasteiger partial charge is 0.100 e. The lowest BCUT2D eigenvalue weighted by atomic mass is 10.1.